The van der Waals surface area contributed by atoms with E-state index in [0.29, 0.717) is 13.2 Å². The van der Waals surface area contributed by atoms with Crippen LogP contribution in [-0.2, 0) is 4.74 Å². The normalized spacial score (nSPS) is 24.8. The molecule has 0 saturated heterocycles. The molecule has 0 aromatic carbocycles. The summed E-state index contributed by atoms with van der Waals surface area (Å²) in [5.41, 5.74) is 6.21. The molecule has 0 amide bonds. The number of ether oxygens (including phenoxy) is 1. The van der Waals surface area contributed by atoms with E-state index in [9.17, 15) is 0 Å². The lowest BCUT2D eigenvalue weighted by Crippen LogP contribution is -2.30. The summed E-state index contributed by atoms with van der Waals surface area (Å²) in [7, 11) is 0. The number of nitrogens with two attached hydrogens (primary N) is 1. The summed E-state index contributed by atoms with van der Waals surface area (Å²) in [6.45, 7) is 7.94. The third-order valence-corrected chi connectivity index (χ3v) is 2.42. The second-order valence-electron chi connectivity index (χ2n) is 3.50. The van der Waals surface area contributed by atoms with Crippen molar-refractivity contribution in [2.45, 2.75) is 18.9 Å². The fourth-order valence-electron chi connectivity index (χ4n) is 1.57. The second-order valence-corrected chi connectivity index (χ2v) is 3.50. The Morgan fingerprint density at radius 1 is 1.73 bits per heavy atom. The number of rotatable bonds is 6. The van der Waals surface area contributed by atoms with Crippen molar-refractivity contribution < 1.29 is 4.74 Å². The van der Waals surface area contributed by atoms with E-state index in [1.165, 1.54) is 0 Å². The van der Waals surface area contributed by atoms with Crippen molar-refractivity contribution in [1.29, 1.82) is 0 Å². The van der Waals surface area contributed by atoms with Crippen LogP contribution in [0.15, 0.2) is 36.6 Å². The molecule has 0 aromatic heterocycles. The minimum atomic E-state index is -0.317. The molecule has 0 fully saturated rings. The molecule has 1 aliphatic carbocycles. The van der Waals surface area contributed by atoms with Crippen LogP contribution in [-0.4, -0.2) is 25.3 Å². The zero-order valence-electron chi connectivity index (χ0n) is 9.33. The Hall–Kier alpha value is -1.06. The zero-order valence-corrected chi connectivity index (χ0v) is 9.33. The molecule has 0 saturated carbocycles. The van der Waals surface area contributed by atoms with Gasteiger partial charge in [-0.05, 0) is 19.1 Å². The van der Waals surface area contributed by atoms with Gasteiger partial charge in [0.1, 0.15) is 5.60 Å². The maximum absolute atomic E-state index is 5.67. The van der Waals surface area contributed by atoms with Crippen molar-refractivity contribution in [3.05, 3.63) is 36.6 Å². The van der Waals surface area contributed by atoms with Crippen LogP contribution >= 0.6 is 0 Å². The van der Waals surface area contributed by atoms with Gasteiger partial charge in [-0.3, -0.25) is 0 Å². The van der Waals surface area contributed by atoms with Crippen molar-refractivity contribution in [3.63, 3.8) is 0 Å². The van der Waals surface area contributed by atoms with Crippen molar-refractivity contribution in [3.8, 4) is 0 Å². The maximum Gasteiger partial charge on any atom is 0.108 e. The van der Waals surface area contributed by atoms with Crippen LogP contribution in [0.4, 0.5) is 0 Å². The lowest BCUT2D eigenvalue weighted by atomic mass is 9.94. The predicted octanol–water partition coefficient (Wildman–Crippen LogP) is 1.34. The third-order valence-electron chi connectivity index (χ3n) is 2.42. The fraction of sp³-hybridized carbons (Fsp3) is 0.500. The molecule has 1 rings (SSSR count). The van der Waals surface area contributed by atoms with E-state index >= 15 is 0 Å². The van der Waals surface area contributed by atoms with Gasteiger partial charge in [0.2, 0.25) is 0 Å². The van der Waals surface area contributed by atoms with Crippen LogP contribution in [0.5, 0.6) is 0 Å². The Morgan fingerprint density at radius 2 is 2.53 bits per heavy atom. The fourth-order valence-corrected chi connectivity index (χ4v) is 1.57. The summed E-state index contributed by atoms with van der Waals surface area (Å²) in [6.07, 6.45) is 8.86. The van der Waals surface area contributed by atoms with Crippen molar-refractivity contribution in [2.24, 2.45) is 5.73 Å². The Bertz CT molecular complexity index is 271. The minimum absolute atomic E-state index is 0.317. The first-order valence-corrected chi connectivity index (χ1v) is 5.37. The molecule has 0 aromatic rings. The van der Waals surface area contributed by atoms with Crippen molar-refractivity contribution in [2.75, 3.05) is 19.7 Å². The molecule has 1 atom stereocenters. The number of hydrogen-bond donors (Lipinski definition) is 2. The topological polar surface area (TPSA) is 47.3 Å². The lowest BCUT2D eigenvalue weighted by Gasteiger charge is -2.28. The van der Waals surface area contributed by atoms with Gasteiger partial charge in [-0.25, -0.2) is 0 Å². The van der Waals surface area contributed by atoms with E-state index in [-0.39, 0.29) is 5.60 Å². The van der Waals surface area contributed by atoms with Crippen LogP contribution < -0.4 is 11.1 Å². The summed E-state index contributed by atoms with van der Waals surface area (Å²) in [5.74, 6) is 0. The molecule has 3 heteroatoms. The Labute approximate surface area is 91.7 Å². The monoisotopic (exact) mass is 208 g/mol. The molecule has 0 aliphatic heterocycles. The van der Waals surface area contributed by atoms with Gasteiger partial charge in [-0.1, -0.05) is 18.7 Å². The third kappa shape index (κ3) is 3.22. The second kappa shape index (κ2) is 5.73. The van der Waals surface area contributed by atoms with Crippen LogP contribution in [0, 0.1) is 0 Å². The van der Waals surface area contributed by atoms with Gasteiger partial charge in [0, 0.05) is 31.8 Å². The van der Waals surface area contributed by atoms with Crippen LogP contribution in [0.2, 0.25) is 0 Å². The Kier molecular flexibility index (Phi) is 4.59. The molecular formula is C12H20N2O. The number of hydrogen-bond acceptors (Lipinski definition) is 3. The van der Waals surface area contributed by atoms with Crippen molar-refractivity contribution in [1.82, 2.24) is 5.32 Å². The molecule has 3 nitrogen and oxygen atoms in total. The highest BCUT2D eigenvalue weighted by Crippen LogP contribution is 2.25. The predicted molar refractivity (Wildman–Crippen MR) is 63.5 cm³/mol. The smallest absolute Gasteiger partial charge is 0.108 e. The molecule has 0 spiro atoms. The summed E-state index contributed by atoms with van der Waals surface area (Å²) in [6, 6.07) is 0. The molecule has 84 valence electrons. The van der Waals surface area contributed by atoms with Crippen LogP contribution in [0.25, 0.3) is 0 Å². The Balaban J connectivity index is 2.56. The van der Waals surface area contributed by atoms with E-state index in [1.54, 1.807) is 0 Å². The molecule has 3 N–H and O–H groups in total. The van der Waals surface area contributed by atoms with Gasteiger partial charge in [0.25, 0.3) is 0 Å². The highest BCUT2D eigenvalue weighted by atomic mass is 16.5. The molecule has 0 bridgehead atoms. The summed E-state index contributed by atoms with van der Waals surface area (Å²) in [5, 5.41) is 3.23. The highest BCUT2D eigenvalue weighted by molar-refractivity contribution is 5.30. The first-order chi connectivity index (χ1) is 7.26. The van der Waals surface area contributed by atoms with Gasteiger partial charge in [0.05, 0.1) is 0 Å². The molecular weight excluding hydrogens is 188 g/mol. The van der Waals surface area contributed by atoms with Gasteiger partial charge >= 0.3 is 0 Å². The lowest BCUT2D eigenvalue weighted by molar-refractivity contribution is 0.0379. The minimum Gasteiger partial charge on any atom is -0.384 e. The standard InChI is InChI=1S/C12H20N2O/c1-3-12(15-4-2)7-5-11(6-8-12)14-10-9-13/h3,5-7,14H,1,4,8-10,13H2,2H3. The van der Waals surface area contributed by atoms with Gasteiger partial charge < -0.3 is 15.8 Å². The van der Waals surface area contributed by atoms with Gasteiger partial charge in [-0.2, -0.15) is 0 Å². The van der Waals surface area contributed by atoms with Crippen LogP contribution in [0.1, 0.15) is 13.3 Å². The summed E-state index contributed by atoms with van der Waals surface area (Å²) < 4.78 is 5.67. The first kappa shape index (κ1) is 12.0. The van der Waals surface area contributed by atoms with Gasteiger partial charge in [0.15, 0.2) is 0 Å². The average Bonchev–Trinajstić information content (AvgIpc) is 2.29. The SMILES string of the molecule is C=CC1(OCC)C=CC(NCCN)=CC1. The quantitative estimate of drug-likeness (QED) is 0.648. The molecule has 1 unspecified atom stereocenters. The first-order valence-electron chi connectivity index (χ1n) is 5.37. The average molecular weight is 208 g/mol. The number of nitrogens with one attached hydrogen (secondary N) is 1. The summed E-state index contributed by atoms with van der Waals surface area (Å²) in [4.78, 5) is 0. The van der Waals surface area contributed by atoms with E-state index in [4.69, 9.17) is 10.5 Å². The van der Waals surface area contributed by atoms with Crippen molar-refractivity contribution >= 4 is 0 Å². The Morgan fingerprint density at radius 3 is 3.00 bits per heavy atom. The number of allylic oxidation sites excluding steroid dienone is 1. The molecule has 1 aliphatic rings. The van der Waals surface area contributed by atoms with E-state index < -0.39 is 0 Å². The maximum atomic E-state index is 5.67. The van der Waals surface area contributed by atoms with E-state index in [2.05, 4.69) is 18.0 Å². The van der Waals surface area contributed by atoms with E-state index in [1.807, 2.05) is 25.2 Å². The van der Waals surface area contributed by atoms with Crippen LogP contribution in [0.3, 0.4) is 0 Å². The zero-order chi connectivity index (χ0) is 11.1. The molecule has 0 radical (unpaired) electrons. The summed E-state index contributed by atoms with van der Waals surface area (Å²) >= 11 is 0. The molecule has 15 heavy (non-hydrogen) atoms. The largest absolute Gasteiger partial charge is 0.384 e. The molecule has 0 heterocycles. The van der Waals surface area contributed by atoms with E-state index in [0.717, 1.165) is 18.7 Å². The highest BCUT2D eigenvalue weighted by Gasteiger charge is 2.24. The van der Waals surface area contributed by atoms with Gasteiger partial charge in [-0.15, -0.1) is 0 Å².